The van der Waals surface area contributed by atoms with Crippen LogP contribution in [0.2, 0.25) is 0 Å². The molecule has 1 aromatic carbocycles. The van der Waals surface area contributed by atoms with Crippen LogP contribution in [0.25, 0.3) is 10.9 Å². The van der Waals surface area contributed by atoms with Gasteiger partial charge in [-0.05, 0) is 25.1 Å². The van der Waals surface area contributed by atoms with Gasteiger partial charge in [0, 0.05) is 24.0 Å². The summed E-state index contributed by atoms with van der Waals surface area (Å²) in [5.41, 5.74) is 7.70. The number of nitrogens with zero attached hydrogens (tertiary/aromatic N) is 2. The van der Waals surface area contributed by atoms with Crippen molar-refractivity contribution in [3.63, 3.8) is 0 Å². The van der Waals surface area contributed by atoms with E-state index >= 15 is 0 Å². The van der Waals surface area contributed by atoms with Crippen LogP contribution < -0.4 is 16.6 Å². The van der Waals surface area contributed by atoms with Crippen molar-refractivity contribution in [2.75, 3.05) is 17.6 Å². The lowest BCUT2D eigenvalue weighted by Gasteiger charge is -2.05. The lowest BCUT2D eigenvalue weighted by Crippen LogP contribution is -2.15. The first-order chi connectivity index (χ1) is 10.1. The number of anilines is 2. The van der Waals surface area contributed by atoms with Crippen LogP contribution in [-0.2, 0) is 6.42 Å². The highest BCUT2D eigenvalue weighted by Gasteiger charge is 2.04. The van der Waals surface area contributed by atoms with Crippen molar-refractivity contribution in [2.24, 2.45) is 0 Å². The Hall–Kier alpha value is -2.41. The largest absolute Gasteiger partial charge is 0.399 e. The van der Waals surface area contributed by atoms with Gasteiger partial charge in [0.2, 0.25) is 5.95 Å². The number of hydrogen-bond acceptors (Lipinski definition) is 6. The predicted molar refractivity (Wildman–Crippen MR) is 85.8 cm³/mol. The summed E-state index contributed by atoms with van der Waals surface area (Å²) >= 11 is 1.63. The van der Waals surface area contributed by atoms with E-state index in [1.165, 1.54) is 0 Å². The fraction of sp³-hybridized carbons (Fsp3) is 0.214. The van der Waals surface area contributed by atoms with Crippen LogP contribution in [0, 0.1) is 6.92 Å². The van der Waals surface area contributed by atoms with Crippen molar-refractivity contribution in [3.8, 4) is 0 Å². The molecule has 7 heteroatoms. The molecule has 4 N–H and O–H groups in total. The number of benzene rings is 1. The van der Waals surface area contributed by atoms with Gasteiger partial charge in [-0.25, -0.2) is 9.97 Å². The molecule has 2 heterocycles. The minimum absolute atomic E-state index is 0.195. The molecule has 6 nitrogen and oxygen atoms in total. The minimum atomic E-state index is -0.195. The Morgan fingerprint density at radius 1 is 1.38 bits per heavy atom. The second kappa shape index (κ2) is 5.53. The molecule has 0 aliphatic carbocycles. The Labute approximate surface area is 125 Å². The standard InChI is InChI=1S/C14H15N5OS/c1-8-17-10(7-21-8)4-5-16-14-18-12-3-2-9(15)6-11(12)13(20)19-14/h2-3,6-7H,4-5,15H2,1H3,(H2,16,18,19,20). The normalized spacial score (nSPS) is 10.9. The smallest absolute Gasteiger partial charge is 0.260 e. The van der Waals surface area contributed by atoms with E-state index in [0.29, 0.717) is 29.1 Å². The van der Waals surface area contributed by atoms with E-state index in [0.717, 1.165) is 17.1 Å². The molecular weight excluding hydrogens is 286 g/mol. The van der Waals surface area contributed by atoms with Gasteiger partial charge in [0.15, 0.2) is 0 Å². The molecule has 0 aliphatic rings. The molecule has 2 aromatic heterocycles. The molecule has 0 atom stereocenters. The molecular formula is C14H15N5OS. The van der Waals surface area contributed by atoms with Gasteiger partial charge >= 0.3 is 0 Å². The van der Waals surface area contributed by atoms with Gasteiger partial charge in [-0.15, -0.1) is 11.3 Å². The summed E-state index contributed by atoms with van der Waals surface area (Å²) in [6.45, 7) is 2.64. The predicted octanol–water partition coefficient (Wildman–Crippen LogP) is 1.92. The maximum Gasteiger partial charge on any atom is 0.260 e. The van der Waals surface area contributed by atoms with Crippen LogP contribution in [0.5, 0.6) is 0 Å². The van der Waals surface area contributed by atoms with Gasteiger partial charge in [-0.3, -0.25) is 9.78 Å². The lowest BCUT2D eigenvalue weighted by molar-refractivity contribution is 0.948. The summed E-state index contributed by atoms with van der Waals surface area (Å²) in [5, 5.41) is 6.71. The zero-order valence-electron chi connectivity index (χ0n) is 11.5. The fourth-order valence-corrected chi connectivity index (χ4v) is 2.72. The molecule has 0 aliphatic heterocycles. The van der Waals surface area contributed by atoms with E-state index in [1.807, 2.05) is 12.3 Å². The topological polar surface area (TPSA) is 96.7 Å². The zero-order valence-corrected chi connectivity index (χ0v) is 12.3. The van der Waals surface area contributed by atoms with Gasteiger partial charge in [0.25, 0.3) is 5.56 Å². The molecule has 0 fully saturated rings. The Morgan fingerprint density at radius 2 is 2.24 bits per heavy atom. The Balaban J connectivity index is 1.75. The van der Waals surface area contributed by atoms with Gasteiger partial charge in [0.05, 0.1) is 21.6 Å². The molecule has 0 spiro atoms. The maximum absolute atomic E-state index is 12.0. The minimum Gasteiger partial charge on any atom is -0.399 e. The van der Waals surface area contributed by atoms with Gasteiger partial charge in [0.1, 0.15) is 0 Å². The summed E-state index contributed by atoms with van der Waals surface area (Å²) < 4.78 is 0. The molecule has 0 saturated heterocycles. The van der Waals surface area contributed by atoms with E-state index in [-0.39, 0.29) is 5.56 Å². The molecule has 21 heavy (non-hydrogen) atoms. The lowest BCUT2D eigenvalue weighted by atomic mass is 10.2. The van der Waals surface area contributed by atoms with E-state index in [2.05, 4.69) is 20.3 Å². The highest BCUT2D eigenvalue weighted by Crippen LogP contribution is 2.13. The van der Waals surface area contributed by atoms with Gasteiger partial charge in [-0.2, -0.15) is 0 Å². The number of aryl methyl sites for hydroxylation is 1. The number of aromatic nitrogens is 3. The first kappa shape index (κ1) is 13.6. The number of nitrogen functional groups attached to an aromatic ring is 1. The van der Waals surface area contributed by atoms with E-state index in [4.69, 9.17) is 5.73 Å². The van der Waals surface area contributed by atoms with Crippen LogP contribution in [0.15, 0.2) is 28.4 Å². The van der Waals surface area contributed by atoms with Crippen molar-refractivity contribution in [1.29, 1.82) is 0 Å². The third-order valence-electron chi connectivity index (χ3n) is 3.07. The average molecular weight is 301 g/mol. The van der Waals surface area contributed by atoms with Crippen molar-refractivity contribution >= 4 is 33.9 Å². The van der Waals surface area contributed by atoms with E-state index in [1.54, 1.807) is 29.5 Å². The quantitative estimate of drug-likeness (QED) is 0.640. The second-order valence-electron chi connectivity index (χ2n) is 4.73. The maximum atomic E-state index is 12.0. The summed E-state index contributed by atoms with van der Waals surface area (Å²) in [4.78, 5) is 23.5. The Bertz CT molecular complexity index is 839. The third-order valence-corrected chi connectivity index (χ3v) is 3.89. The molecule has 0 amide bonds. The second-order valence-corrected chi connectivity index (χ2v) is 5.79. The number of hydrogen-bond donors (Lipinski definition) is 3. The van der Waals surface area contributed by atoms with Gasteiger partial charge < -0.3 is 11.1 Å². The van der Waals surface area contributed by atoms with Crippen molar-refractivity contribution in [1.82, 2.24) is 15.0 Å². The summed E-state index contributed by atoms with van der Waals surface area (Å²) in [7, 11) is 0. The summed E-state index contributed by atoms with van der Waals surface area (Å²) in [6, 6.07) is 5.11. The monoisotopic (exact) mass is 301 g/mol. The van der Waals surface area contributed by atoms with Crippen LogP contribution in [-0.4, -0.2) is 21.5 Å². The van der Waals surface area contributed by atoms with Crippen LogP contribution in [0.4, 0.5) is 11.6 Å². The molecule has 0 saturated carbocycles. The van der Waals surface area contributed by atoms with E-state index < -0.39 is 0 Å². The molecule has 3 aromatic rings. The molecule has 0 radical (unpaired) electrons. The molecule has 0 unspecified atom stereocenters. The first-order valence-electron chi connectivity index (χ1n) is 6.56. The van der Waals surface area contributed by atoms with Crippen LogP contribution in [0.3, 0.4) is 0 Å². The molecule has 108 valence electrons. The number of thiazole rings is 1. The third kappa shape index (κ3) is 3.03. The van der Waals surface area contributed by atoms with E-state index in [9.17, 15) is 4.79 Å². The first-order valence-corrected chi connectivity index (χ1v) is 7.44. The Morgan fingerprint density at radius 3 is 3.00 bits per heavy atom. The van der Waals surface area contributed by atoms with Crippen molar-refractivity contribution in [2.45, 2.75) is 13.3 Å². The van der Waals surface area contributed by atoms with Crippen molar-refractivity contribution in [3.05, 3.63) is 44.6 Å². The number of H-pyrrole nitrogens is 1. The number of fused-ring (bicyclic) bond motifs is 1. The number of nitrogens with one attached hydrogen (secondary N) is 2. The molecule has 0 bridgehead atoms. The number of nitrogens with two attached hydrogens (primary N) is 1. The van der Waals surface area contributed by atoms with Crippen molar-refractivity contribution < 1.29 is 0 Å². The average Bonchev–Trinajstić information content (AvgIpc) is 2.85. The number of rotatable bonds is 4. The zero-order chi connectivity index (χ0) is 14.8. The SMILES string of the molecule is Cc1nc(CCNc2nc3ccc(N)cc3c(=O)[nH]2)cs1. The summed E-state index contributed by atoms with van der Waals surface area (Å²) in [6.07, 6.45) is 0.786. The molecule has 3 rings (SSSR count). The van der Waals surface area contributed by atoms with Crippen LogP contribution in [0.1, 0.15) is 10.7 Å². The highest BCUT2D eigenvalue weighted by atomic mass is 32.1. The fourth-order valence-electron chi connectivity index (χ4n) is 2.07. The van der Waals surface area contributed by atoms with Gasteiger partial charge in [-0.1, -0.05) is 0 Å². The number of aromatic amines is 1. The van der Waals surface area contributed by atoms with Crippen LogP contribution >= 0.6 is 11.3 Å². The highest BCUT2D eigenvalue weighted by molar-refractivity contribution is 7.09. The summed E-state index contributed by atoms with van der Waals surface area (Å²) in [5.74, 6) is 0.462. The Kier molecular flexibility index (Phi) is 3.57.